The Labute approximate surface area is 165 Å². The number of hydrogen-bond donors (Lipinski definition) is 1. The van der Waals surface area contributed by atoms with Crippen LogP contribution in [-0.2, 0) is 17.1 Å². The molecule has 1 aromatic carbocycles. The maximum absolute atomic E-state index is 13.1. The summed E-state index contributed by atoms with van der Waals surface area (Å²) in [5.74, 6) is 0. The molecule has 0 amide bonds. The molecule has 1 aliphatic heterocycles. The lowest BCUT2D eigenvalue weighted by molar-refractivity contribution is -0.211. The molecule has 1 heterocycles. The normalized spacial score (nSPS) is 26.4. The smallest absolute Gasteiger partial charge is 0.392 e. The van der Waals surface area contributed by atoms with E-state index < -0.39 is 35.6 Å². The van der Waals surface area contributed by atoms with Crippen LogP contribution in [0.2, 0.25) is 0 Å². The van der Waals surface area contributed by atoms with Crippen LogP contribution < -0.4 is 0 Å². The number of aliphatic hydroxyl groups is 1. The van der Waals surface area contributed by atoms with E-state index in [0.717, 1.165) is 12.1 Å². The fourth-order valence-corrected chi connectivity index (χ4v) is 4.58. The first kappa shape index (κ1) is 22.4. The molecule has 0 bridgehead atoms. The molecular formula is C20H25F6NO2. The lowest BCUT2D eigenvalue weighted by atomic mass is 9.58. The number of likely N-dealkylation sites (tertiary alicyclic amines) is 1. The number of benzene rings is 1. The van der Waals surface area contributed by atoms with Gasteiger partial charge in [0.1, 0.15) is 0 Å². The van der Waals surface area contributed by atoms with Crippen molar-refractivity contribution in [3.63, 3.8) is 0 Å². The van der Waals surface area contributed by atoms with Crippen LogP contribution >= 0.6 is 0 Å². The summed E-state index contributed by atoms with van der Waals surface area (Å²) >= 11 is 0. The Bertz CT molecular complexity index is 690. The summed E-state index contributed by atoms with van der Waals surface area (Å²) in [7, 11) is 0. The van der Waals surface area contributed by atoms with Gasteiger partial charge in [0.15, 0.2) is 0 Å². The van der Waals surface area contributed by atoms with Gasteiger partial charge in [-0.25, -0.2) is 0 Å². The lowest BCUT2D eigenvalue weighted by Crippen LogP contribution is -2.62. The van der Waals surface area contributed by atoms with Crippen molar-refractivity contribution in [1.29, 1.82) is 0 Å². The van der Waals surface area contributed by atoms with Crippen LogP contribution in [-0.4, -0.2) is 41.9 Å². The third-order valence-electron chi connectivity index (χ3n) is 6.48. The molecule has 9 heteroatoms. The first-order valence-electron chi connectivity index (χ1n) is 9.71. The highest BCUT2D eigenvalue weighted by atomic mass is 19.4. The lowest BCUT2D eigenvalue weighted by Gasteiger charge is -2.57. The van der Waals surface area contributed by atoms with Crippen LogP contribution in [0.4, 0.5) is 26.3 Å². The predicted octanol–water partition coefficient (Wildman–Crippen LogP) is 5.04. The highest BCUT2D eigenvalue weighted by molar-refractivity contribution is 5.35. The predicted molar refractivity (Wildman–Crippen MR) is 94.1 cm³/mol. The summed E-state index contributed by atoms with van der Waals surface area (Å²) < 4.78 is 84.5. The Balaban J connectivity index is 1.80. The van der Waals surface area contributed by atoms with Gasteiger partial charge in [-0.15, -0.1) is 0 Å². The van der Waals surface area contributed by atoms with Gasteiger partial charge in [-0.2, -0.15) is 26.3 Å². The summed E-state index contributed by atoms with van der Waals surface area (Å²) in [6, 6.07) is 1.13. The van der Waals surface area contributed by atoms with Crippen molar-refractivity contribution < 1.29 is 36.2 Å². The minimum Gasteiger partial charge on any atom is -0.392 e. The van der Waals surface area contributed by atoms with Gasteiger partial charge in [-0.1, -0.05) is 0 Å². The Kier molecular flexibility index (Phi) is 5.97. The first-order chi connectivity index (χ1) is 13.4. The maximum Gasteiger partial charge on any atom is 0.416 e. The molecule has 2 fully saturated rings. The fourth-order valence-electron chi connectivity index (χ4n) is 4.58. The molecule has 164 valence electrons. The minimum absolute atomic E-state index is 0.0152. The summed E-state index contributed by atoms with van der Waals surface area (Å²) in [5.41, 5.74) is -2.97. The van der Waals surface area contributed by atoms with Crippen molar-refractivity contribution in [3.8, 4) is 0 Å². The number of nitrogens with zero attached hydrogens (tertiary/aromatic N) is 1. The Morgan fingerprint density at radius 2 is 1.59 bits per heavy atom. The minimum atomic E-state index is -4.86. The van der Waals surface area contributed by atoms with Crippen molar-refractivity contribution in [3.05, 3.63) is 34.9 Å². The second kappa shape index (κ2) is 7.74. The molecule has 3 rings (SSSR count). The molecule has 1 N–H and O–H groups in total. The number of aliphatic hydroxyl groups excluding tert-OH is 1. The standard InChI is InChI=1S/C20H25F6NO2/c1-3-29-17-11-16(28)18(17)4-6-27(7-5-18)12(2)13-8-14(19(21,22)23)10-15(9-13)20(24,25)26/h8-10,12,16-17,28H,3-7,11H2,1-2H3/t12-,16+,17+/m0/s1. The van der Waals surface area contributed by atoms with Gasteiger partial charge in [0.25, 0.3) is 0 Å². The second-order valence-corrected chi connectivity index (χ2v) is 7.98. The largest absolute Gasteiger partial charge is 0.416 e. The van der Waals surface area contributed by atoms with Gasteiger partial charge in [-0.3, -0.25) is 4.90 Å². The van der Waals surface area contributed by atoms with E-state index in [1.807, 2.05) is 11.8 Å². The summed E-state index contributed by atoms with van der Waals surface area (Å²) in [6.07, 6.45) is -8.51. The number of halogens is 6. The van der Waals surface area contributed by atoms with Crippen LogP contribution in [0.1, 0.15) is 55.8 Å². The Morgan fingerprint density at radius 3 is 2.00 bits per heavy atom. The zero-order chi connectivity index (χ0) is 21.6. The number of hydrogen-bond acceptors (Lipinski definition) is 3. The Hall–Kier alpha value is -1.32. The summed E-state index contributed by atoms with van der Waals surface area (Å²) in [5, 5.41) is 10.3. The van der Waals surface area contributed by atoms with Crippen LogP contribution in [0.3, 0.4) is 0 Å². The molecule has 3 atom stereocenters. The molecule has 29 heavy (non-hydrogen) atoms. The topological polar surface area (TPSA) is 32.7 Å². The van der Waals surface area contributed by atoms with Crippen LogP contribution in [0.15, 0.2) is 18.2 Å². The second-order valence-electron chi connectivity index (χ2n) is 7.98. The molecule has 0 radical (unpaired) electrons. The van der Waals surface area contributed by atoms with E-state index in [4.69, 9.17) is 4.74 Å². The molecular weight excluding hydrogens is 400 g/mol. The molecule has 0 aromatic heterocycles. The zero-order valence-corrected chi connectivity index (χ0v) is 16.3. The number of alkyl halides is 6. The molecule has 1 aliphatic carbocycles. The van der Waals surface area contributed by atoms with Crippen LogP contribution in [0.25, 0.3) is 0 Å². The van der Waals surface area contributed by atoms with Gasteiger partial charge in [-0.05, 0) is 63.5 Å². The molecule has 0 unspecified atom stereocenters. The molecule has 1 saturated carbocycles. The van der Waals surface area contributed by atoms with Gasteiger partial charge in [0, 0.05) is 24.5 Å². The van der Waals surface area contributed by atoms with Gasteiger partial charge >= 0.3 is 12.4 Å². The number of rotatable bonds is 4. The maximum atomic E-state index is 13.1. The number of piperidine rings is 1. The molecule has 1 spiro atoms. The average Bonchev–Trinajstić information content (AvgIpc) is 2.65. The van der Waals surface area contributed by atoms with E-state index in [-0.39, 0.29) is 23.1 Å². The quantitative estimate of drug-likeness (QED) is 0.687. The van der Waals surface area contributed by atoms with Crippen molar-refractivity contribution in [2.24, 2.45) is 5.41 Å². The van der Waals surface area contributed by atoms with E-state index in [1.165, 1.54) is 0 Å². The summed E-state index contributed by atoms with van der Waals surface area (Å²) in [4.78, 5) is 1.87. The van der Waals surface area contributed by atoms with Crippen molar-refractivity contribution >= 4 is 0 Å². The molecule has 2 aliphatic rings. The average molecular weight is 425 g/mol. The van der Waals surface area contributed by atoms with E-state index in [9.17, 15) is 31.4 Å². The van der Waals surface area contributed by atoms with Gasteiger partial charge < -0.3 is 9.84 Å². The third-order valence-corrected chi connectivity index (χ3v) is 6.48. The molecule has 3 nitrogen and oxygen atoms in total. The highest BCUT2D eigenvalue weighted by Gasteiger charge is 2.56. The van der Waals surface area contributed by atoms with Crippen molar-refractivity contribution in [1.82, 2.24) is 4.90 Å². The SMILES string of the molecule is CCO[C@@H]1C[C@@H](O)C12CCN([C@@H](C)c1cc(C(F)(F)F)cc(C(F)(F)F)c1)CC2. The summed E-state index contributed by atoms with van der Waals surface area (Å²) in [6.45, 7) is 4.97. The number of ether oxygens (including phenoxy) is 1. The molecule has 1 aromatic rings. The molecule has 1 saturated heterocycles. The van der Waals surface area contributed by atoms with E-state index in [0.29, 0.717) is 39.0 Å². The highest BCUT2D eigenvalue weighted by Crippen LogP contribution is 2.51. The van der Waals surface area contributed by atoms with Gasteiger partial charge in [0.2, 0.25) is 0 Å². The van der Waals surface area contributed by atoms with Gasteiger partial charge in [0.05, 0.1) is 23.3 Å². The van der Waals surface area contributed by atoms with Crippen LogP contribution in [0, 0.1) is 5.41 Å². The Morgan fingerprint density at radius 1 is 1.07 bits per heavy atom. The van der Waals surface area contributed by atoms with E-state index >= 15 is 0 Å². The zero-order valence-electron chi connectivity index (χ0n) is 16.3. The van der Waals surface area contributed by atoms with E-state index in [1.54, 1.807) is 6.92 Å². The fraction of sp³-hybridized carbons (Fsp3) is 0.700. The van der Waals surface area contributed by atoms with Crippen LogP contribution in [0.5, 0.6) is 0 Å². The van der Waals surface area contributed by atoms with Crippen molar-refractivity contribution in [2.75, 3.05) is 19.7 Å². The monoisotopic (exact) mass is 425 g/mol. The first-order valence-corrected chi connectivity index (χ1v) is 9.71. The van der Waals surface area contributed by atoms with E-state index in [2.05, 4.69) is 0 Å². The van der Waals surface area contributed by atoms with Crippen molar-refractivity contribution in [2.45, 2.75) is 63.7 Å². The third kappa shape index (κ3) is 4.27.